The Morgan fingerprint density at radius 1 is 1.54 bits per heavy atom. The molecule has 2 heterocycles. The van der Waals surface area contributed by atoms with Crippen molar-refractivity contribution in [2.24, 2.45) is 0 Å². The average Bonchev–Trinajstić information content (AvgIpc) is 2.50. The molecule has 0 bridgehead atoms. The summed E-state index contributed by atoms with van der Waals surface area (Å²) in [6, 6.07) is 6.08. The van der Waals surface area contributed by atoms with Crippen LogP contribution in [0, 0.1) is 0 Å². The summed E-state index contributed by atoms with van der Waals surface area (Å²) in [4.78, 5) is 4.25. The van der Waals surface area contributed by atoms with Gasteiger partial charge in [0.2, 0.25) is 0 Å². The second kappa shape index (κ2) is 3.47. The summed E-state index contributed by atoms with van der Waals surface area (Å²) in [5.41, 5.74) is 2.17. The lowest BCUT2D eigenvalue weighted by atomic mass is 10.3. The Labute approximate surface area is 84.9 Å². The summed E-state index contributed by atoms with van der Waals surface area (Å²) >= 11 is 3.46. The normalized spacial score (nSPS) is 10.9. The van der Waals surface area contributed by atoms with Crippen LogP contribution in [0.4, 0.5) is 0 Å². The molecule has 68 valence electrons. The second-order valence-corrected chi connectivity index (χ2v) is 3.63. The first kappa shape index (κ1) is 8.72. The summed E-state index contributed by atoms with van der Waals surface area (Å²) in [6.07, 6.45) is 1.81. The van der Waals surface area contributed by atoms with Gasteiger partial charge in [-0.15, -0.1) is 0 Å². The van der Waals surface area contributed by atoms with Crippen molar-refractivity contribution in [3.63, 3.8) is 0 Å². The highest BCUT2D eigenvalue weighted by atomic mass is 79.9. The predicted molar refractivity (Wildman–Crippen MR) is 55.7 cm³/mol. The van der Waals surface area contributed by atoms with E-state index in [2.05, 4.69) is 36.7 Å². The van der Waals surface area contributed by atoms with Crippen molar-refractivity contribution in [1.82, 2.24) is 14.7 Å². The number of rotatable bonds is 2. The largest absolute Gasteiger partial charge is 0.314 e. The van der Waals surface area contributed by atoms with Crippen molar-refractivity contribution in [2.45, 2.75) is 6.54 Å². The van der Waals surface area contributed by atoms with Crippen LogP contribution in [0.2, 0.25) is 0 Å². The van der Waals surface area contributed by atoms with Crippen molar-refractivity contribution < 1.29 is 0 Å². The third-order valence-corrected chi connectivity index (χ3v) is 2.48. The van der Waals surface area contributed by atoms with Crippen LogP contribution in [0.3, 0.4) is 0 Å². The Morgan fingerprint density at radius 2 is 2.38 bits per heavy atom. The van der Waals surface area contributed by atoms with Crippen LogP contribution in [0.1, 0.15) is 5.69 Å². The van der Waals surface area contributed by atoms with Crippen molar-refractivity contribution in [2.75, 3.05) is 7.05 Å². The maximum atomic E-state index is 4.25. The van der Waals surface area contributed by atoms with Gasteiger partial charge in [-0.2, -0.15) is 0 Å². The number of nitrogens with one attached hydrogen (secondary N) is 1. The fraction of sp³-hybridized carbons (Fsp3) is 0.222. The Balaban J connectivity index is 2.65. The third kappa shape index (κ3) is 1.47. The molecule has 0 unspecified atom stereocenters. The summed E-state index contributed by atoms with van der Waals surface area (Å²) < 4.78 is 3.07. The number of hydrogen-bond donors (Lipinski definition) is 1. The molecule has 0 atom stereocenters. The molecule has 4 heteroatoms. The van der Waals surface area contributed by atoms with E-state index in [1.807, 2.05) is 25.4 Å². The highest BCUT2D eigenvalue weighted by Gasteiger charge is 2.03. The van der Waals surface area contributed by atoms with E-state index in [1.54, 1.807) is 0 Å². The van der Waals surface area contributed by atoms with Gasteiger partial charge in [0.25, 0.3) is 0 Å². The zero-order valence-corrected chi connectivity index (χ0v) is 8.87. The van der Waals surface area contributed by atoms with Gasteiger partial charge in [-0.25, -0.2) is 4.98 Å². The first-order valence-electron chi connectivity index (χ1n) is 4.08. The minimum Gasteiger partial charge on any atom is -0.314 e. The van der Waals surface area contributed by atoms with Gasteiger partial charge in [0.15, 0.2) is 0 Å². The number of aromatic nitrogens is 2. The lowest BCUT2D eigenvalue weighted by molar-refractivity contribution is 0.774. The van der Waals surface area contributed by atoms with Gasteiger partial charge < -0.3 is 5.32 Å². The molecule has 0 saturated carbocycles. The highest BCUT2D eigenvalue weighted by Crippen LogP contribution is 2.15. The molecule has 2 aromatic rings. The van der Waals surface area contributed by atoms with E-state index in [-0.39, 0.29) is 0 Å². The summed E-state index contributed by atoms with van der Waals surface area (Å²) in [6.45, 7) is 0.840. The lowest BCUT2D eigenvalue weighted by Gasteiger charge is -2.04. The standard InChI is InChI=1S/C9H10BrN3/c1-11-5-7-3-2-4-9-12-6-8(10)13(7)9/h2-4,6,11H,5H2,1H3. The van der Waals surface area contributed by atoms with E-state index < -0.39 is 0 Å². The fourth-order valence-electron chi connectivity index (χ4n) is 1.39. The Morgan fingerprint density at radius 3 is 3.15 bits per heavy atom. The SMILES string of the molecule is CNCc1cccc2ncc(Br)n12. The average molecular weight is 240 g/mol. The minimum atomic E-state index is 0.840. The van der Waals surface area contributed by atoms with E-state index in [0.29, 0.717) is 0 Å². The van der Waals surface area contributed by atoms with Crippen LogP contribution in [-0.4, -0.2) is 16.4 Å². The molecule has 0 spiro atoms. The van der Waals surface area contributed by atoms with Crippen LogP contribution in [0.5, 0.6) is 0 Å². The van der Waals surface area contributed by atoms with Crippen molar-refractivity contribution >= 4 is 21.6 Å². The molecule has 0 saturated heterocycles. The molecule has 13 heavy (non-hydrogen) atoms. The number of pyridine rings is 1. The molecular weight excluding hydrogens is 230 g/mol. The number of imidazole rings is 1. The lowest BCUT2D eigenvalue weighted by Crippen LogP contribution is -2.09. The summed E-state index contributed by atoms with van der Waals surface area (Å²) in [5.74, 6) is 0. The van der Waals surface area contributed by atoms with E-state index in [1.165, 1.54) is 5.69 Å². The third-order valence-electron chi connectivity index (χ3n) is 1.93. The van der Waals surface area contributed by atoms with Crippen molar-refractivity contribution in [1.29, 1.82) is 0 Å². The zero-order valence-electron chi connectivity index (χ0n) is 7.29. The molecule has 0 aromatic carbocycles. The van der Waals surface area contributed by atoms with E-state index in [0.717, 1.165) is 16.8 Å². The van der Waals surface area contributed by atoms with E-state index in [9.17, 15) is 0 Å². The van der Waals surface area contributed by atoms with Gasteiger partial charge in [0.1, 0.15) is 10.3 Å². The van der Waals surface area contributed by atoms with Crippen LogP contribution in [0.15, 0.2) is 29.0 Å². The topological polar surface area (TPSA) is 29.3 Å². The number of halogens is 1. The van der Waals surface area contributed by atoms with Gasteiger partial charge >= 0.3 is 0 Å². The van der Waals surface area contributed by atoms with Gasteiger partial charge in [-0.05, 0) is 35.1 Å². The zero-order chi connectivity index (χ0) is 9.26. The smallest absolute Gasteiger partial charge is 0.137 e. The molecule has 2 rings (SSSR count). The maximum Gasteiger partial charge on any atom is 0.137 e. The Bertz CT molecular complexity index is 422. The van der Waals surface area contributed by atoms with Gasteiger partial charge in [-0.1, -0.05) is 6.07 Å². The van der Waals surface area contributed by atoms with Gasteiger partial charge in [0.05, 0.1) is 6.20 Å². The fourth-order valence-corrected chi connectivity index (χ4v) is 1.90. The van der Waals surface area contributed by atoms with E-state index in [4.69, 9.17) is 0 Å². The molecule has 0 radical (unpaired) electrons. The number of hydrogen-bond acceptors (Lipinski definition) is 2. The molecule has 0 aliphatic heterocycles. The Kier molecular flexibility index (Phi) is 2.33. The predicted octanol–water partition coefficient (Wildman–Crippen LogP) is 1.82. The van der Waals surface area contributed by atoms with Crippen LogP contribution in [0.25, 0.3) is 5.65 Å². The molecule has 3 nitrogen and oxygen atoms in total. The van der Waals surface area contributed by atoms with Gasteiger partial charge in [0, 0.05) is 12.2 Å². The van der Waals surface area contributed by atoms with Gasteiger partial charge in [-0.3, -0.25) is 4.40 Å². The molecular formula is C9H10BrN3. The van der Waals surface area contributed by atoms with Crippen LogP contribution >= 0.6 is 15.9 Å². The maximum absolute atomic E-state index is 4.25. The van der Waals surface area contributed by atoms with E-state index >= 15 is 0 Å². The monoisotopic (exact) mass is 239 g/mol. The molecule has 2 aromatic heterocycles. The number of nitrogens with zero attached hydrogens (tertiary/aromatic N) is 2. The number of fused-ring (bicyclic) bond motifs is 1. The molecule has 0 aliphatic rings. The Hall–Kier alpha value is -0.870. The molecule has 0 amide bonds. The first-order chi connectivity index (χ1) is 6.33. The molecule has 0 fully saturated rings. The molecule has 1 N–H and O–H groups in total. The minimum absolute atomic E-state index is 0.840. The van der Waals surface area contributed by atoms with Crippen LogP contribution < -0.4 is 5.32 Å². The van der Waals surface area contributed by atoms with Crippen molar-refractivity contribution in [3.05, 3.63) is 34.7 Å². The summed E-state index contributed by atoms with van der Waals surface area (Å²) in [5, 5.41) is 3.12. The molecule has 0 aliphatic carbocycles. The highest BCUT2D eigenvalue weighted by molar-refractivity contribution is 9.10. The second-order valence-electron chi connectivity index (χ2n) is 2.82. The van der Waals surface area contributed by atoms with Crippen LogP contribution in [-0.2, 0) is 6.54 Å². The first-order valence-corrected chi connectivity index (χ1v) is 4.87. The quantitative estimate of drug-likeness (QED) is 0.867. The summed E-state index contributed by atoms with van der Waals surface area (Å²) in [7, 11) is 1.93. The van der Waals surface area contributed by atoms with Crippen molar-refractivity contribution in [3.8, 4) is 0 Å².